The molecule has 1 amide bonds. The van der Waals surface area contributed by atoms with Crippen LogP contribution in [-0.4, -0.2) is 5.91 Å². The molecule has 64 valence electrons. The van der Waals surface area contributed by atoms with Gasteiger partial charge in [-0.15, -0.1) is 0 Å². The predicted octanol–water partition coefficient (Wildman–Crippen LogP) is 0.732. The van der Waals surface area contributed by atoms with Gasteiger partial charge in [-0.05, 0) is 18.2 Å². The zero-order valence-electron chi connectivity index (χ0n) is 6.79. The molecule has 0 radical (unpaired) electrons. The van der Waals surface area contributed by atoms with Gasteiger partial charge in [-0.25, -0.2) is 0 Å². The Hall–Kier alpha value is -1.71. The van der Waals surface area contributed by atoms with E-state index in [0.29, 0.717) is 5.69 Å². The van der Waals surface area contributed by atoms with Crippen LogP contribution in [0.15, 0.2) is 24.3 Å². The third-order valence-corrected chi connectivity index (χ3v) is 1.27. The lowest BCUT2D eigenvalue weighted by Gasteiger charge is -2.05. The number of rotatable bonds is 2. The SMILES string of the molecule is CC(=O)NNc1cccc(N)c1. The van der Waals surface area contributed by atoms with E-state index in [-0.39, 0.29) is 5.91 Å². The van der Waals surface area contributed by atoms with Crippen LogP contribution in [0.5, 0.6) is 0 Å². The van der Waals surface area contributed by atoms with Crippen molar-refractivity contribution >= 4 is 17.3 Å². The Kier molecular flexibility index (Phi) is 2.53. The number of carbonyl (C=O) groups is 1. The van der Waals surface area contributed by atoms with Crippen molar-refractivity contribution in [2.24, 2.45) is 0 Å². The first kappa shape index (κ1) is 8.39. The van der Waals surface area contributed by atoms with E-state index in [4.69, 9.17) is 5.73 Å². The van der Waals surface area contributed by atoms with Crippen LogP contribution in [-0.2, 0) is 4.79 Å². The summed E-state index contributed by atoms with van der Waals surface area (Å²) >= 11 is 0. The highest BCUT2D eigenvalue weighted by Gasteiger charge is 1.92. The first-order chi connectivity index (χ1) is 5.68. The summed E-state index contributed by atoms with van der Waals surface area (Å²) in [5.74, 6) is -0.141. The number of benzene rings is 1. The first-order valence-corrected chi connectivity index (χ1v) is 3.56. The lowest BCUT2D eigenvalue weighted by atomic mass is 10.3. The first-order valence-electron chi connectivity index (χ1n) is 3.56. The lowest BCUT2D eigenvalue weighted by molar-refractivity contribution is -0.118. The van der Waals surface area contributed by atoms with Gasteiger partial charge in [0.15, 0.2) is 0 Å². The summed E-state index contributed by atoms with van der Waals surface area (Å²) in [5, 5.41) is 0. The number of hydrazine groups is 1. The fourth-order valence-electron chi connectivity index (χ4n) is 0.777. The van der Waals surface area contributed by atoms with Gasteiger partial charge >= 0.3 is 0 Å². The van der Waals surface area contributed by atoms with Crippen LogP contribution >= 0.6 is 0 Å². The molecule has 1 aromatic rings. The molecule has 0 unspecified atom stereocenters. The van der Waals surface area contributed by atoms with Gasteiger partial charge in [0, 0.05) is 12.6 Å². The van der Waals surface area contributed by atoms with Crippen LogP contribution in [0.2, 0.25) is 0 Å². The third-order valence-electron chi connectivity index (χ3n) is 1.27. The molecule has 4 nitrogen and oxygen atoms in total. The van der Waals surface area contributed by atoms with Crippen LogP contribution in [0.4, 0.5) is 11.4 Å². The topological polar surface area (TPSA) is 67.2 Å². The Morgan fingerprint density at radius 3 is 2.83 bits per heavy atom. The van der Waals surface area contributed by atoms with Crippen molar-refractivity contribution in [3.63, 3.8) is 0 Å². The molecule has 0 bridgehead atoms. The summed E-state index contributed by atoms with van der Waals surface area (Å²) < 4.78 is 0. The molecular weight excluding hydrogens is 154 g/mol. The normalized spacial score (nSPS) is 9.08. The standard InChI is InChI=1S/C8H11N3O/c1-6(12)10-11-8-4-2-3-7(9)5-8/h2-5,11H,9H2,1H3,(H,10,12). The van der Waals surface area contributed by atoms with Crippen molar-refractivity contribution in [1.82, 2.24) is 5.43 Å². The molecule has 12 heavy (non-hydrogen) atoms. The van der Waals surface area contributed by atoms with Crippen LogP contribution in [0.25, 0.3) is 0 Å². The van der Waals surface area contributed by atoms with E-state index in [1.165, 1.54) is 6.92 Å². The minimum Gasteiger partial charge on any atom is -0.399 e. The Morgan fingerprint density at radius 2 is 2.25 bits per heavy atom. The Labute approximate surface area is 70.7 Å². The molecule has 1 rings (SSSR count). The molecule has 0 aliphatic rings. The zero-order chi connectivity index (χ0) is 8.97. The number of anilines is 2. The lowest BCUT2D eigenvalue weighted by Crippen LogP contribution is -2.26. The molecule has 4 N–H and O–H groups in total. The second-order valence-electron chi connectivity index (χ2n) is 2.43. The molecule has 0 saturated carbocycles. The Bertz CT molecular complexity index is 285. The van der Waals surface area contributed by atoms with Gasteiger partial charge in [-0.2, -0.15) is 0 Å². The number of amides is 1. The van der Waals surface area contributed by atoms with Gasteiger partial charge in [-0.3, -0.25) is 15.6 Å². The van der Waals surface area contributed by atoms with Gasteiger partial charge in [0.05, 0.1) is 5.69 Å². The van der Waals surface area contributed by atoms with Crippen molar-refractivity contribution in [2.45, 2.75) is 6.92 Å². The molecular formula is C8H11N3O. The van der Waals surface area contributed by atoms with Crippen molar-refractivity contribution < 1.29 is 4.79 Å². The number of nitrogens with two attached hydrogens (primary N) is 1. The molecule has 0 aromatic heterocycles. The van der Waals surface area contributed by atoms with E-state index in [9.17, 15) is 4.79 Å². The smallest absolute Gasteiger partial charge is 0.235 e. The van der Waals surface area contributed by atoms with Gasteiger partial charge in [-0.1, -0.05) is 6.07 Å². The highest BCUT2D eigenvalue weighted by molar-refractivity contribution is 5.74. The Morgan fingerprint density at radius 1 is 1.50 bits per heavy atom. The number of nitrogens with one attached hydrogen (secondary N) is 2. The van der Waals surface area contributed by atoms with Gasteiger partial charge < -0.3 is 5.73 Å². The fourth-order valence-corrected chi connectivity index (χ4v) is 0.777. The quantitative estimate of drug-likeness (QED) is 0.447. The molecule has 0 aliphatic heterocycles. The largest absolute Gasteiger partial charge is 0.399 e. The minimum absolute atomic E-state index is 0.141. The Balaban J connectivity index is 2.57. The van der Waals surface area contributed by atoms with E-state index < -0.39 is 0 Å². The summed E-state index contributed by atoms with van der Waals surface area (Å²) in [7, 11) is 0. The maximum absolute atomic E-state index is 10.5. The second kappa shape index (κ2) is 3.61. The van der Waals surface area contributed by atoms with Gasteiger partial charge in [0.25, 0.3) is 0 Å². The van der Waals surface area contributed by atoms with Crippen molar-refractivity contribution in [1.29, 1.82) is 0 Å². The molecule has 0 fully saturated rings. The zero-order valence-corrected chi connectivity index (χ0v) is 6.79. The maximum Gasteiger partial charge on any atom is 0.235 e. The van der Waals surface area contributed by atoms with Crippen LogP contribution in [0.3, 0.4) is 0 Å². The molecule has 0 saturated heterocycles. The molecule has 0 atom stereocenters. The van der Waals surface area contributed by atoms with Gasteiger partial charge in [0.1, 0.15) is 0 Å². The summed E-state index contributed by atoms with van der Waals surface area (Å²) in [5.41, 5.74) is 12.1. The predicted molar refractivity (Wildman–Crippen MR) is 48.3 cm³/mol. The van der Waals surface area contributed by atoms with Crippen molar-refractivity contribution in [3.8, 4) is 0 Å². The monoisotopic (exact) mass is 165 g/mol. The summed E-state index contributed by atoms with van der Waals surface area (Å²) in [6.45, 7) is 1.43. The molecule has 4 heteroatoms. The van der Waals surface area contributed by atoms with E-state index in [0.717, 1.165) is 5.69 Å². The van der Waals surface area contributed by atoms with E-state index in [2.05, 4.69) is 10.9 Å². The van der Waals surface area contributed by atoms with E-state index >= 15 is 0 Å². The summed E-state index contributed by atoms with van der Waals surface area (Å²) in [6.07, 6.45) is 0. The highest BCUT2D eigenvalue weighted by Crippen LogP contribution is 2.09. The second-order valence-corrected chi connectivity index (χ2v) is 2.43. The van der Waals surface area contributed by atoms with Crippen LogP contribution < -0.4 is 16.6 Å². The molecule has 1 aromatic carbocycles. The van der Waals surface area contributed by atoms with E-state index in [1.54, 1.807) is 18.2 Å². The van der Waals surface area contributed by atoms with Crippen molar-refractivity contribution in [3.05, 3.63) is 24.3 Å². The number of hydrogen-bond acceptors (Lipinski definition) is 3. The minimum atomic E-state index is -0.141. The van der Waals surface area contributed by atoms with Crippen LogP contribution in [0, 0.1) is 0 Å². The molecule has 0 aliphatic carbocycles. The average Bonchev–Trinajstić information content (AvgIpc) is 2.01. The van der Waals surface area contributed by atoms with Crippen LogP contribution in [0.1, 0.15) is 6.92 Å². The highest BCUT2D eigenvalue weighted by atomic mass is 16.2. The van der Waals surface area contributed by atoms with Gasteiger partial charge in [0.2, 0.25) is 5.91 Å². The van der Waals surface area contributed by atoms with Crippen molar-refractivity contribution in [2.75, 3.05) is 11.2 Å². The average molecular weight is 165 g/mol. The van der Waals surface area contributed by atoms with E-state index in [1.807, 2.05) is 6.07 Å². The molecule has 0 spiro atoms. The summed E-state index contributed by atoms with van der Waals surface area (Å²) in [4.78, 5) is 10.5. The summed E-state index contributed by atoms with van der Waals surface area (Å²) in [6, 6.07) is 7.13. The molecule has 0 heterocycles. The number of carbonyl (C=O) groups excluding carboxylic acids is 1. The fraction of sp³-hybridized carbons (Fsp3) is 0.125. The number of hydrogen-bond donors (Lipinski definition) is 3. The third kappa shape index (κ3) is 2.49. The maximum atomic E-state index is 10.5. The number of nitrogen functional groups attached to an aromatic ring is 1.